The van der Waals surface area contributed by atoms with Crippen LogP contribution in [0.25, 0.3) is 0 Å². The summed E-state index contributed by atoms with van der Waals surface area (Å²) in [5.41, 5.74) is 0. The molecule has 0 aliphatic heterocycles. The summed E-state index contributed by atoms with van der Waals surface area (Å²) in [7, 11) is -0.314. The standard InChI is InChI=1S/C5H11NO2.C2H6O3S/c1-4-5(7)8-6(2)3;1-2-6(3,4)5/h4H2,1-3H3;2H2,1H3,(H,3,4,5). The molecule has 0 radical (unpaired) electrons. The van der Waals surface area contributed by atoms with Gasteiger partial charge in [0.05, 0.1) is 5.75 Å². The van der Waals surface area contributed by atoms with Crippen molar-refractivity contribution in [2.45, 2.75) is 20.3 Å². The number of carbonyl (C=O) groups excluding carboxylic acids is 1. The number of hydrogen-bond donors (Lipinski definition) is 1. The van der Waals surface area contributed by atoms with Gasteiger partial charge >= 0.3 is 5.97 Å². The lowest BCUT2D eigenvalue weighted by atomic mass is 10.5. The number of carbonyl (C=O) groups is 1. The minimum Gasteiger partial charge on any atom is -0.369 e. The first kappa shape index (κ1) is 15.8. The molecule has 0 bridgehead atoms. The first-order valence-electron chi connectivity index (χ1n) is 4.06. The van der Waals surface area contributed by atoms with Crippen molar-refractivity contribution >= 4 is 16.1 Å². The third-order valence-corrected chi connectivity index (χ3v) is 1.67. The van der Waals surface area contributed by atoms with Gasteiger partial charge in [-0.3, -0.25) is 9.35 Å². The van der Waals surface area contributed by atoms with Crippen molar-refractivity contribution < 1.29 is 22.6 Å². The van der Waals surface area contributed by atoms with Gasteiger partial charge in [0, 0.05) is 20.5 Å². The van der Waals surface area contributed by atoms with Crippen molar-refractivity contribution in [3.8, 4) is 0 Å². The monoisotopic (exact) mass is 227 g/mol. The Labute approximate surface area is 84.6 Å². The predicted molar refractivity (Wildman–Crippen MR) is 52.2 cm³/mol. The molecule has 1 N–H and O–H groups in total. The number of rotatable bonds is 3. The second kappa shape index (κ2) is 7.72. The highest BCUT2D eigenvalue weighted by Gasteiger charge is 1.97. The highest BCUT2D eigenvalue weighted by atomic mass is 32.2. The molecule has 0 aliphatic rings. The molecule has 0 rings (SSSR count). The van der Waals surface area contributed by atoms with Gasteiger partial charge in [-0.1, -0.05) is 6.92 Å². The highest BCUT2D eigenvalue weighted by Crippen LogP contribution is 1.84. The Morgan fingerprint density at radius 1 is 1.36 bits per heavy atom. The van der Waals surface area contributed by atoms with Gasteiger partial charge < -0.3 is 4.84 Å². The average molecular weight is 227 g/mol. The van der Waals surface area contributed by atoms with Crippen LogP contribution in [0.3, 0.4) is 0 Å². The van der Waals surface area contributed by atoms with Crippen LogP contribution in [0.5, 0.6) is 0 Å². The number of hydroxylamine groups is 2. The van der Waals surface area contributed by atoms with E-state index in [2.05, 4.69) is 4.84 Å². The van der Waals surface area contributed by atoms with Gasteiger partial charge in [-0.15, -0.1) is 5.06 Å². The van der Waals surface area contributed by atoms with Crippen molar-refractivity contribution in [3.63, 3.8) is 0 Å². The third-order valence-electron chi connectivity index (χ3n) is 0.938. The largest absolute Gasteiger partial charge is 0.369 e. The van der Waals surface area contributed by atoms with Gasteiger partial charge in [-0.05, 0) is 6.92 Å². The molecule has 0 aromatic rings. The van der Waals surface area contributed by atoms with Crippen LogP contribution in [0, 0.1) is 0 Å². The molecule has 6 nitrogen and oxygen atoms in total. The van der Waals surface area contributed by atoms with Crippen molar-refractivity contribution in [1.29, 1.82) is 0 Å². The smallest absolute Gasteiger partial charge is 0.324 e. The Balaban J connectivity index is 0. The number of nitrogens with zero attached hydrogens (tertiary/aromatic N) is 1. The fraction of sp³-hybridized carbons (Fsp3) is 0.857. The van der Waals surface area contributed by atoms with E-state index >= 15 is 0 Å². The van der Waals surface area contributed by atoms with Gasteiger partial charge in [0.2, 0.25) is 0 Å². The van der Waals surface area contributed by atoms with Crippen molar-refractivity contribution in [3.05, 3.63) is 0 Å². The SMILES string of the molecule is CCC(=O)ON(C)C.CCS(=O)(=O)O. The molecule has 0 saturated heterocycles. The van der Waals surface area contributed by atoms with E-state index in [1.165, 1.54) is 12.0 Å². The maximum Gasteiger partial charge on any atom is 0.324 e. The molecule has 14 heavy (non-hydrogen) atoms. The van der Waals surface area contributed by atoms with Crippen LogP contribution in [-0.4, -0.2) is 43.9 Å². The lowest BCUT2D eigenvalue weighted by Crippen LogP contribution is -2.17. The van der Waals surface area contributed by atoms with E-state index in [1.807, 2.05) is 0 Å². The van der Waals surface area contributed by atoms with Gasteiger partial charge in [-0.25, -0.2) is 0 Å². The molecule has 0 aliphatic carbocycles. The van der Waals surface area contributed by atoms with Crippen LogP contribution in [0.4, 0.5) is 0 Å². The zero-order valence-corrected chi connectivity index (χ0v) is 9.67. The Morgan fingerprint density at radius 3 is 1.79 bits per heavy atom. The molecule has 86 valence electrons. The molecule has 0 atom stereocenters. The number of hydrogen-bond acceptors (Lipinski definition) is 5. The summed E-state index contributed by atoms with van der Waals surface area (Å²) in [5, 5.41) is 1.38. The van der Waals surface area contributed by atoms with E-state index in [0.29, 0.717) is 6.42 Å². The molecule has 0 amide bonds. The van der Waals surface area contributed by atoms with Crippen molar-refractivity contribution in [1.82, 2.24) is 5.06 Å². The first-order chi connectivity index (χ1) is 6.22. The van der Waals surface area contributed by atoms with Gasteiger partial charge in [0.25, 0.3) is 10.1 Å². The molecule has 7 heteroatoms. The van der Waals surface area contributed by atoms with Crippen LogP contribution in [-0.2, 0) is 19.8 Å². The minimum atomic E-state index is -3.66. The van der Waals surface area contributed by atoms with Crippen LogP contribution in [0.2, 0.25) is 0 Å². The molecule has 0 unspecified atom stereocenters. The van der Waals surface area contributed by atoms with Crippen LogP contribution in [0.1, 0.15) is 20.3 Å². The van der Waals surface area contributed by atoms with E-state index < -0.39 is 10.1 Å². The Hall–Kier alpha value is -0.660. The lowest BCUT2D eigenvalue weighted by molar-refractivity contribution is -0.177. The topological polar surface area (TPSA) is 83.9 Å². The second-order valence-corrected chi connectivity index (χ2v) is 4.24. The predicted octanol–water partition coefficient (Wildman–Crippen LogP) is 0.310. The normalized spacial score (nSPS) is 10.4. The van der Waals surface area contributed by atoms with Crippen LogP contribution in [0.15, 0.2) is 0 Å². The van der Waals surface area contributed by atoms with Crippen LogP contribution < -0.4 is 0 Å². The molecular formula is C7H17NO5S. The summed E-state index contributed by atoms with van der Waals surface area (Å²) in [6.45, 7) is 3.13. The van der Waals surface area contributed by atoms with E-state index in [4.69, 9.17) is 4.55 Å². The zero-order chi connectivity index (χ0) is 11.8. The van der Waals surface area contributed by atoms with Crippen molar-refractivity contribution in [2.75, 3.05) is 19.8 Å². The Morgan fingerprint density at radius 2 is 1.71 bits per heavy atom. The Bertz CT molecular complexity index is 247. The summed E-state index contributed by atoms with van der Waals surface area (Å²) < 4.78 is 26.9. The maximum absolute atomic E-state index is 10.4. The van der Waals surface area contributed by atoms with Gasteiger partial charge in [0.1, 0.15) is 0 Å². The highest BCUT2D eigenvalue weighted by molar-refractivity contribution is 7.85. The summed E-state index contributed by atoms with van der Waals surface area (Å²) in [4.78, 5) is 15.0. The third kappa shape index (κ3) is 17.4. The molecule has 0 heterocycles. The summed E-state index contributed by atoms with van der Waals surface area (Å²) >= 11 is 0. The van der Waals surface area contributed by atoms with E-state index in [1.54, 1.807) is 21.0 Å². The molecule has 0 aromatic carbocycles. The molecule has 0 spiro atoms. The molecular weight excluding hydrogens is 210 g/mol. The van der Waals surface area contributed by atoms with Crippen molar-refractivity contribution in [2.24, 2.45) is 0 Å². The minimum absolute atomic E-state index is 0.199. The lowest BCUT2D eigenvalue weighted by Gasteiger charge is -2.07. The maximum atomic E-state index is 10.4. The molecule has 0 aromatic heterocycles. The molecule has 0 saturated carbocycles. The van der Waals surface area contributed by atoms with E-state index in [9.17, 15) is 13.2 Å². The summed E-state index contributed by atoms with van der Waals surface area (Å²) in [6.07, 6.45) is 0.429. The summed E-state index contributed by atoms with van der Waals surface area (Å²) in [5.74, 6) is -0.400. The van der Waals surface area contributed by atoms with Crippen LogP contribution >= 0.6 is 0 Å². The molecule has 0 fully saturated rings. The fourth-order valence-electron chi connectivity index (χ4n) is 0.268. The average Bonchev–Trinajstić information content (AvgIpc) is 2.03. The fourth-order valence-corrected chi connectivity index (χ4v) is 0.268. The van der Waals surface area contributed by atoms with Gasteiger partial charge in [-0.2, -0.15) is 8.42 Å². The zero-order valence-electron chi connectivity index (χ0n) is 8.85. The van der Waals surface area contributed by atoms with E-state index in [0.717, 1.165) is 0 Å². The first-order valence-corrected chi connectivity index (χ1v) is 5.67. The Kier molecular flexibility index (Phi) is 8.71. The quantitative estimate of drug-likeness (QED) is 0.552. The summed E-state index contributed by atoms with van der Waals surface area (Å²) in [6, 6.07) is 0. The van der Waals surface area contributed by atoms with E-state index in [-0.39, 0.29) is 11.7 Å². The van der Waals surface area contributed by atoms with Gasteiger partial charge in [0.15, 0.2) is 0 Å². The second-order valence-electron chi connectivity index (χ2n) is 2.50.